The zero-order valence-corrected chi connectivity index (χ0v) is 15.6. The van der Waals surface area contributed by atoms with Crippen molar-refractivity contribution >= 4 is 11.8 Å². The Morgan fingerprint density at radius 1 is 1.31 bits per heavy atom. The van der Waals surface area contributed by atoms with Gasteiger partial charge in [0, 0.05) is 44.4 Å². The minimum atomic E-state index is -0.196. The number of likely N-dealkylation sites (tertiary alicyclic amines) is 1. The molecule has 2 amide bonds. The van der Waals surface area contributed by atoms with Crippen molar-refractivity contribution in [3.05, 3.63) is 35.3 Å². The van der Waals surface area contributed by atoms with E-state index >= 15 is 0 Å². The van der Waals surface area contributed by atoms with Crippen LogP contribution in [-0.2, 0) is 11.8 Å². The summed E-state index contributed by atoms with van der Waals surface area (Å²) in [4.78, 5) is 30.3. The molecule has 0 spiro atoms. The molecule has 0 aliphatic carbocycles. The molecule has 1 aliphatic rings. The molecule has 0 saturated carbocycles. The molecule has 0 bridgehead atoms. The van der Waals surface area contributed by atoms with E-state index in [1.165, 1.54) is 0 Å². The number of hydrogen-bond donors (Lipinski definition) is 1. The third-order valence-electron chi connectivity index (χ3n) is 4.81. The van der Waals surface area contributed by atoms with Crippen molar-refractivity contribution in [1.29, 1.82) is 0 Å². The number of nitrogens with one attached hydrogen (secondary N) is 1. The average Bonchev–Trinajstić information content (AvgIpc) is 3.14. The molecular formula is C19H25N5O2. The van der Waals surface area contributed by atoms with Crippen LogP contribution in [0.3, 0.4) is 0 Å². The van der Waals surface area contributed by atoms with Gasteiger partial charge in [0.15, 0.2) is 0 Å². The van der Waals surface area contributed by atoms with E-state index in [2.05, 4.69) is 15.4 Å². The van der Waals surface area contributed by atoms with E-state index in [0.717, 1.165) is 42.0 Å². The van der Waals surface area contributed by atoms with Crippen LogP contribution in [-0.4, -0.2) is 51.1 Å². The number of aryl methyl sites for hydroxylation is 2. The van der Waals surface area contributed by atoms with Gasteiger partial charge in [-0.15, -0.1) is 0 Å². The average molecular weight is 355 g/mol. The Morgan fingerprint density at radius 3 is 2.77 bits per heavy atom. The van der Waals surface area contributed by atoms with Crippen LogP contribution in [0.1, 0.15) is 41.1 Å². The van der Waals surface area contributed by atoms with Gasteiger partial charge >= 0.3 is 0 Å². The van der Waals surface area contributed by atoms with Crippen molar-refractivity contribution in [1.82, 2.24) is 25.0 Å². The summed E-state index contributed by atoms with van der Waals surface area (Å²) < 4.78 is 1.82. The van der Waals surface area contributed by atoms with Crippen LogP contribution < -0.4 is 5.32 Å². The van der Waals surface area contributed by atoms with Crippen molar-refractivity contribution < 1.29 is 9.59 Å². The van der Waals surface area contributed by atoms with Crippen molar-refractivity contribution in [3.8, 4) is 11.3 Å². The van der Waals surface area contributed by atoms with E-state index in [9.17, 15) is 9.59 Å². The zero-order valence-electron chi connectivity index (χ0n) is 15.6. The van der Waals surface area contributed by atoms with E-state index in [0.29, 0.717) is 25.2 Å². The SMILES string of the molecule is Cc1nn(C)c(C)c1-c1cccc(C(=O)NCCCN2CCCC2=O)n1. The second kappa shape index (κ2) is 7.68. The standard InChI is InChI=1S/C19H25N5O2/c1-13-18(14(2)23(3)22-13)15-7-4-8-16(21-15)19(26)20-10-6-12-24-11-5-9-17(24)25/h4,7-8H,5-6,9-12H2,1-3H3,(H,20,26). The fourth-order valence-electron chi connectivity index (χ4n) is 3.35. The first-order chi connectivity index (χ1) is 12.5. The van der Waals surface area contributed by atoms with Crippen molar-refractivity contribution in [2.45, 2.75) is 33.1 Å². The number of pyridine rings is 1. The van der Waals surface area contributed by atoms with Gasteiger partial charge in [-0.3, -0.25) is 14.3 Å². The van der Waals surface area contributed by atoms with Gasteiger partial charge in [0.2, 0.25) is 5.91 Å². The maximum atomic E-state index is 12.4. The third kappa shape index (κ3) is 3.76. The lowest BCUT2D eigenvalue weighted by molar-refractivity contribution is -0.127. The summed E-state index contributed by atoms with van der Waals surface area (Å²) in [6.45, 7) is 5.99. The maximum absolute atomic E-state index is 12.4. The molecule has 1 aliphatic heterocycles. The van der Waals surface area contributed by atoms with E-state index in [4.69, 9.17) is 0 Å². The lowest BCUT2D eigenvalue weighted by Crippen LogP contribution is -2.31. The topological polar surface area (TPSA) is 80.1 Å². The molecule has 2 aromatic heterocycles. The van der Waals surface area contributed by atoms with Crippen LogP contribution in [0.4, 0.5) is 0 Å². The van der Waals surface area contributed by atoms with Crippen LogP contribution in [0, 0.1) is 13.8 Å². The van der Waals surface area contributed by atoms with Crippen LogP contribution in [0.5, 0.6) is 0 Å². The third-order valence-corrected chi connectivity index (χ3v) is 4.81. The maximum Gasteiger partial charge on any atom is 0.269 e. The highest BCUT2D eigenvalue weighted by Crippen LogP contribution is 2.24. The van der Waals surface area contributed by atoms with Crippen LogP contribution in [0.2, 0.25) is 0 Å². The number of amides is 2. The molecule has 7 nitrogen and oxygen atoms in total. The molecule has 0 radical (unpaired) electrons. The Morgan fingerprint density at radius 2 is 2.12 bits per heavy atom. The summed E-state index contributed by atoms with van der Waals surface area (Å²) in [5.41, 5.74) is 4.02. The number of nitrogens with zero attached hydrogens (tertiary/aromatic N) is 4. The molecule has 0 unspecified atom stereocenters. The minimum absolute atomic E-state index is 0.196. The summed E-state index contributed by atoms with van der Waals surface area (Å²) >= 11 is 0. The fraction of sp³-hybridized carbons (Fsp3) is 0.474. The van der Waals surface area contributed by atoms with Gasteiger partial charge in [-0.2, -0.15) is 5.10 Å². The Kier molecular flexibility index (Phi) is 5.35. The summed E-state index contributed by atoms with van der Waals surface area (Å²) in [5.74, 6) is 0.0201. The summed E-state index contributed by atoms with van der Waals surface area (Å²) in [6.07, 6.45) is 2.34. The predicted octanol–water partition coefficient (Wildman–Crippen LogP) is 1.84. The normalized spacial score (nSPS) is 14.1. The first kappa shape index (κ1) is 18.1. The first-order valence-electron chi connectivity index (χ1n) is 9.01. The minimum Gasteiger partial charge on any atom is -0.351 e. The Bertz CT molecular complexity index is 827. The van der Waals surface area contributed by atoms with Gasteiger partial charge in [0.1, 0.15) is 5.69 Å². The molecule has 1 N–H and O–H groups in total. The summed E-state index contributed by atoms with van der Waals surface area (Å²) in [5, 5.41) is 7.30. The van der Waals surface area contributed by atoms with E-state index in [1.54, 1.807) is 6.07 Å². The molecule has 3 rings (SSSR count). The molecule has 1 saturated heterocycles. The van der Waals surface area contributed by atoms with Gasteiger partial charge < -0.3 is 10.2 Å². The highest BCUT2D eigenvalue weighted by atomic mass is 16.2. The second-order valence-electron chi connectivity index (χ2n) is 6.67. The quantitative estimate of drug-likeness (QED) is 0.802. The number of carbonyl (C=O) groups is 2. The summed E-state index contributed by atoms with van der Waals surface area (Å²) in [6, 6.07) is 5.45. The van der Waals surface area contributed by atoms with Gasteiger partial charge in [0.05, 0.1) is 11.4 Å². The highest BCUT2D eigenvalue weighted by Gasteiger charge is 2.19. The molecule has 3 heterocycles. The van der Waals surface area contributed by atoms with Crippen molar-refractivity contribution in [2.75, 3.05) is 19.6 Å². The lowest BCUT2D eigenvalue weighted by Gasteiger charge is -2.15. The van der Waals surface area contributed by atoms with Crippen LogP contribution in [0.25, 0.3) is 11.3 Å². The second-order valence-corrected chi connectivity index (χ2v) is 6.67. The van der Waals surface area contributed by atoms with E-state index in [-0.39, 0.29) is 11.8 Å². The van der Waals surface area contributed by atoms with Gasteiger partial charge in [-0.25, -0.2) is 4.98 Å². The number of hydrogen-bond acceptors (Lipinski definition) is 4. The Labute approximate surface area is 153 Å². The zero-order chi connectivity index (χ0) is 18.7. The number of aromatic nitrogens is 3. The number of rotatable bonds is 6. The molecule has 2 aromatic rings. The molecule has 0 atom stereocenters. The Balaban J connectivity index is 1.60. The number of carbonyl (C=O) groups excluding carboxylic acids is 2. The van der Waals surface area contributed by atoms with Gasteiger partial charge in [-0.05, 0) is 38.8 Å². The molecule has 0 aromatic carbocycles. The first-order valence-corrected chi connectivity index (χ1v) is 9.01. The monoisotopic (exact) mass is 355 g/mol. The highest BCUT2D eigenvalue weighted by molar-refractivity contribution is 5.92. The molecule has 1 fully saturated rings. The van der Waals surface area contributed by atoms with E-state index in [1.807, 2.05) is 42.6 Å². The molecule has 138 valence electrons. The van der Waals surface area contributed by atoms with E-state index < -0.39 is 0 Å². The summed E-state index contributed by atoms with van der Waals surface area (Å²) in [7, 11) is 1.90. The largest absolute Gasteiger partial charge is 0.351 e. The Hall–Kier alpha value is -2.70. The lowest BCUT2D eigenvalue weighted by atomic mass is 10.1. The smallest absolute Gasteiger partial charge is 0.269 e. The molecule has 7 heteroatoms. The van der Waals surface area contributed by atoms with Crippen LogP contribution in [0.15, 0.2) is 18.2 Å². The van der Waals surface area contributed by atoms with Gasteiger partial charge in [0.25, 0.3) is 5.91 Å². The molecule has 26 heavy (non-hydrogen) atoms. The molecular weight excluding hydrogens is 330 g/mol. The van der Waals surface area contributed by atoms with Crippen LogP contribution >= 0.6 is 0 Å². The predicted molar refractivity (Wildman–Crippen MR) is 98.7 cm³/mol. The van der Waals surface area contributed by atoms with Crippen molar-refractivity contribution in [3.63, 3.8) is 0 Å². The fourth-order valence-corrected chi connectivity index (χ4v) is 3.35. The van der Waals surface area contributed by atoms with Gasteiger partial charge in [-0.1, -0.05) is 6.07 Å². The van der Waals surface area contributed by atoms with Crippen molar-refractivity contribution in [2.24, 2.45) is 7.05 Å².